The Morgan fingerprint density at radius 3 is 2.94 bits per heavy atom. The van der Waals surface area contributed by atoms with E-state index < -0.39 is 0 Å². The molecule has 0 amide bonds. The van der Waals surface area contributed by atoms with Gasteiger partial charge in [0, 0.05) is 18.6 Å². The zero-order valence-corrected chi connectivity index (χ0v) is 11.7. The van der Waals surface area contributed by atoms with Gasteiger partial charge in [0.05, 0.1) is 6.10 Å². The van der Waals surface area contributed by atoms with Crippen LogP contribution in [-0.4, -0.2) is 29.3 Å². The standard InChI is InChI=1S/C13H19ClN2O2/c1-3-5-11-15-12(14)9(2)13(16-11)18-8-10-6-4-7-17-10/h10H,3-8H2,1-2H3. The first-order chi connectivity index (χ1) is 8.70. The van der Waals surface area contributed by atoms with Crippen LogP contribution < -0.4 is 4.74 Å². The number of nitrogens with zero attached hydrogens (tertiary/aromatic N) is 2. The molecule has 0 spiro atoms. The topological polar surface area (TPSA) is 44.2 Å². The largest absolute Gasteiger partial charge is 0.475 e. The van der Waals surface area contributed by atoms with Gasteiger partial charge in [-0.25, -0.2) is 4.98 Å². The highest BCUT2D eigenvalue weighted by molar-refractivity contribution is 6.30. The van der Waals surface area contributed by atoms with Crippen LogP contribution in [0.4, 0.5) is 0 Å². The molecular formula is C13H19ClN2O2. The summed E-state index contributed by atoms with van der Waals surface area (Å²) in [7, 11) is 0. The van der Waals surface area contributed by atoms with Crippen LogP contribution in [0.1, 0.15) is 37.6 Å². The van der Waals surface area contributed by atoms with E-state index in [-0.39, 0.29) is 6.10 Å². The molecule has 2 rings (SSSR count). The molecule has 1 aromatic rings. The van der Waals surface area contributed by atoms with Crippen LogP contribution in [0.5, 0.6) is 5.88 Å². The lowest BCUT2D eigenvalue weighted by molar-refractivity contribution is 0.0659. The van der Waals surface area contributed by atoms with Crippen LogP contribution in [0.3, 0.4) is 0 Å². The van der Waals surface area contributed by atoms with Crippen LogP contribution in [-0.2, 0) is 11.2 Å². The third-order valence-corrected chi connectivity index (χ3v) is 3.36. The highest BCUT2D eigenvalue weighted by Gasteiger charge is 2.18. The van der Waals surface area contributed by atoms with Crippen molar-refractivity contribution in [2.45, 2.75) is 45.6 Å². The van der Waals surface area contributed by atoms with Gasteiger partial charge in [-0.1, -0.05) is 18.5 Å². The molecule has 1 saturated heterocycles. The van der Waals surface area contributed by atoms with Crippen molar-refractivity contribution in [1.82, 2.24) is 9.97 Å². The smallest absolute Gasteiger partial charge is 0.221 e. The van der Waals surface area contributed by atoms with Gasteiger partial charge in [0.25, 0.3) is 0 Å². The van der Waals surface area contributed by atoms with E-state index in [1.54, 1.807) is 0 Å². The molecule has 2 heterocycles. The molecular weight excluding hydrogens is 252 g/mol. The lowest BCUT2D eigenvalue weighted by Crippen LogP contribution is -2.17. The van der Waals surface area contributed by atoms with E-state index in [9.17, 15) is 0 Å². The summed E-state index contributed by atoms with van der Waals surface area (Å²) in [4.78, 5) is 8.66. The highest BCUT2D eigenvalue weighted by atomic mass is 35.5. The lowest BCUT2D eigenvalue weighted by atomic mass is 10.2. The molecule has 4 nitrogen and oxygen atoms in total. The van der Waals surface area contributed by atoms with Gasteiger partial charge < -0.3 is 9.47 Å². The predicted molar refractivity (Wildman–Crippen MR) is 70.2 cm³/mol. The Bertz CT molecular complexity index is 406. The molecule has 1 aliphatic heterocycles. The zero-order chi connectivity index (χ0) is 13.0. The fourth-order valence-corrected chi connectivity index (χ4v) is 2.11. The normalized spacial score (nSPS) is 19.2. The molecule has 5 heteroatoms. The first-order valence-electron chi connectivity index (χ1n) is 6.48. The SMILES string of the molecule is CCCc1nc(Cl)c(C)c(OCC2CCCO2)n1. The number of halogens is 1. The predicted octanol–water partition coefficient (Wildman–Crippen LogP) is 2.95. The second kappa shape index (κ2) is 6.34. The first kappa shape index (κ1) is 13.6. The minimum atomic E-state index is 0.188. The van der Waals surface area contributed by atoms with Crippen molar-refractivity contribution in [2.24, 2.45) is 0 Å². The molecule has 0 N–H and O–H groups in total. The average molecular weight is 271 g/mol. The number of hydrogen-bond donors (Lipinski definition) is 0. The van der Waals surface area contributed by atoms with Crippen molar-refractivity contribution in [1.29, 1.82) is 0 Å². The van der Waals surface area contributed by atoms with E-state index in [0.29, 0.717) is 17.6 Å². The molecule has 18 heavy (non-hydrogen) atoms. The van der Waals surface area contributed by atoms with Gasteiger partial charge in [-0.05, 0) is 26.2 Å². The van der Waals surface area contributed by atoms with Crippen LogP contribution in [0, 0.1) is 6.92 Å². The van der Waals surface area contributed by atoms with E-state index in [0.717, 1.165) is 43.7 Å². The molecule has 100 valence electrons. The van der Waals surface area contributed by atoms with Gasteiger partial charge >= 0.3 is 0 Å². The summed E-state index contributed by atoms with van der Waals surface area (Å²) in [6, 6.07) is 0. The van der Waals surface area contributed by atoms with E-state index in [1.807, 2.05) is 6.92 Å². The Kier molecular flexibility index (Phi) is 4.78. The van der Waals surface area contributed by atoms with Gasteiger partial charge in [-0.3, -0.25) is 0 Å². The summed E-state index contributed by atoms with van der Waals surface area (Å²) in [5.74, 6) is 1.34. The Morgan fingerprint density at radius 1 is 1.44 bits per heavy atom. The van der Waals surface area contributed by atoms with E-state index in [4.69, 9.17) is 21.1 Å². The monoisotopic (exact) mass is 270 g/mol. The van der Waals surface area contributed by atoms with Crippen LogP contribution in [0.2, 0.25) is 5.15 Å². The van der Waals surface area contributed by atoms with Crippen molar-refractivity contribution in [3.8, 4) is 5.88 Å². The van der Waals surface area contributed by atoms with Crippen molar-refractivity contribution >= 4 is 11.6 Å². The van der Waals surface area contributed by atoms with Gasteiger partial charge in [0.15, 0.2) is 0 Å². The number of hydrogen-bond acceptors (Lipinski definition) is 4. The van der Waals surface area contributed by atoms with E-state index in [2.05, 4.69) is 16.9 Å². The Hall–Kier alpha value is -0.870. The molecule has 0 radical (unpaired) electrons. The number of aromatic nitrogens is 2. The van der Waals surface area contributed by atoms with Crippen molar-refractivity contribution < 1.29 is 9.47 Å². The summed E-state index contributed by atoms with van der Waals surface area (Å²) in [6.07, 6.45) is 4.16. The van der Waals surface area contributed by atoms with Crippen molar-refractivity contribution in [3.63, 3.8) is 0 Å². The summed E-state index contributed by atoms with van der Waals surface area (Å²) in [5.41, 5.74) is 0.800. The van der Waals surface area contributed by atoms with Gasteiger partial charge in [-0.2, -0.15) is 4.98 Å². The molecule has 1 aromatic heterocycles. The highest BCUT2D eigenvalue weighted by Crippen LogP contribution is 2.23. The van der Waals surface area contributed by atoms with Crippen LogP contribution in [0.15, 0.2) is 0 Å². The molecule has 1 aliphatic rings. The maximum atomic E-state index is 6.09. The van der Waals surface area contributed by atoms with Gasteiger partial charge in [-0.15, -0.1) is 0 Å². The quantitative estimate of drug-likeness (QED) is 0.772. The maximum absolute atomic E-state index is 6.09. The minimum absolute atomic E-state index is 0.188. The third-order valence-electron chi connectivity index (χ3n) is 2.99. The lowest BCUT2D eigenvalue weighted by Gasteiger charge is -2.13. The van der Waals surface area contributed by atoms with Crippen molar-refractivity contribution in [3.05, 3.63) is 16.5 Å². The van der Waals surface area contributed by atoms with Crippen LogP contribution in [0.25, 0.3) is 0 Å². The molecule has 1 fully saturated rings. The summed E-state index contributed by atoms with van der Waals surface area (Å²) in [5, 5.41) is 0.482. The van der Waals surface area contributed by atoms with Crippen LogP contribution >= 0.6 is 11.6 Å². The summed E-state index contributed by atoms with van der Waals surface area (Å²) in [6.45, 7) is 5.34. The Labute approximate surface area is 113 Å². The van der Waals surface area contributed by atoms with Gasteiger partial charge in [0.1, 0.15) is 17.6 Å². The molecule has 0 aliphatic carbocycles. The number of aryl methyl sites for hydroxylation is 1. The molecule has 1 atom stereocenters. The molecule has 1 unspecified atom stereocenters. The minimum Gasteiger partial charge on any atom is -0.475 e. The molecule has 0 aromatic carbocycles. The fraction of sp³-hybridized carbons (Fsp3) is 0.692. The Morgan fingerprint density at radius 2 is 2.28 bits per heavy atom. The maximum Gasteiger partial charge on any atom is 0.221 e. The second-order valence-corrected chi connectivity index (χ2v) is 4.91. The fourth-order valence-electron chi connectivity index (χ4n) is 1.94. The molecule has 0 bridgehead atoms. The number of rotatable bonds is 5. The van der Waals surface area contributed by atoms with Gasteiger partial charge in [0.2, 0.25) is 5.88 Å². The molecule has 0 saturated carbocycles. The second-order valence-electron chi connectivity index (χ2n) is 4.56. The number of ether oxygens (including phenoxy) is 2. The van der Waals surface area contributed by atoms with E-state index in [1.165, 1.54) is 0 Å². The summed E-state index contributed by atoms with van der Waals surface area (Å²) >= 11 is 6.09. The zero-order valence-electron chi connectivity index (χ0n) is 10.9. The Balaban J connectivity index is 2.05. The summed E-state index contributed by atoms with van der Waals surface area (Å²) < 4.78 is 11.2. The first-order valence-corrected chi connectivity index (χ1v) is 6.86. The average Bonchev–Trinajstić information content (AvgIpc) is 2.85. The van der Waals surface area contributed by atoms with Crippen molar-refractivity contribution in [2.75, 3.05) is 13.2 Å². The van der Waals surface area contributed by atoms with E-state index >= 15 is 0 Å². The third kappa shape index (κ3) is 3.33.